The summed E-state index contributed by atoms with van der Waals surface area (Å²) < 4.78 is 0. The van der Waals surface area contributed by atoms with Crippen molar-refractivity contribution in [3.63, 3.8) is 0 Å². The first-order valence-electron chi connectivity index (χ1n) is 11.0. The van der Waals surface area contributed by atoms with Gasteiger partial charge >= 0.3 is 0 Å². The lowest BCUT2D eigenvalue weighted by atomic mass is 9.54. The van der Waals surface area contributed by atoms with Crippen molar-refractivity contribution in [1.29, 1.82) is 0 Å². The molecule has 1 fully saturated rings. The van der Waals surface area contributed by atoms with Crippen LogP contribution in [0.5, 0.6) is 0 Å². The van der Waals surface area contributed by atoms with Gasteiger partial charge in [-0.1, -0.05) is 91.0 Å². The molecule has 6 heteroatoms. The van der Waals surface area contributed by atoms with E-state index in [1.807, 2.05) is 0 Å². The van der Waals surface area contributed by atoms with Gasteiger partial charge in [-0.05, 0) is 16.7 Å². The molecule has 1 aliphatic rings. The number of rotatable bonds is 6. The zero-order valence-electron chi connectivity index (χ0n) is 18.2. The van der Waals surface area contributed by atoms with Crippen LogP contribution in [0.2, 0.25) is 0 Å². The molecule has 6 nitrogen and oxygen atoms in total. The topological polar surface area (TPSA) is 121 Å². The first-order chi connectivity index (χ1) is 15.7. The summed E-state index contributed by atoms with van der Waals surface area (Å²) in [6.45, 7) is 0. The summed E-state index contributed by atoms with van der Waals surface area (Å²) in [4.78, 5) is 0. The molecule has 33 heavy (non-hydrogen) atoms. The predicted octanol–water partition coefficient (Wildman–Crippen LogP) is 1.00. The second kappa shape index (κ2) is 8.99. The molecule has 0 spiro atoms. The first kappa shape index (κ1) is 23.6. The highest BCUT2D eigenvalue weighted by Gasteiger charge is 2.72. The van der Waals surface area contributed by atoms with Gasteiger partial charge in [-0.2, -0.15) is 0 Å². The standard InChI is InChI=1S/C27H30O6/c28-22-23(29)25(31,16-19-10-4-1-5-11-19)27(33,18-21-14-8-3-9-15-21)26(32,24(22)30)17-20-12-6-2-7-13-20/h1-15,22-24,28-33H,16-18H2/t22?,23-,24-,25+,26+,27?/m1/s1. The highest BCUT2D eigenvalue weighted by atomic mass is 16.4. The van der Waals surface area contributed by atoms with E-state index in [0.717, 1.165) is 0 Å². The van der Waals surface area contributed by atoms with Crippen LogP contribution in [0.1, 0.15) is 16.7 Å². The molecule has 0 heterocycles. The zero-order chi connectivity index (χ0) is 23.7. The molecule has 1 aliphatic carbocycles. The average Bonchev–Trinajstić information content (AvgIpc) is 2.83. The van der Waals surface area contributed by atoms with Gasteiger partial charge in [-0.3, -0.25) is 0 Å². The molecule has 0 amide bonds. The fourth-order valence-electron chi connectivity index (χ4n) is 5.11. The number of hydrogen-bond donors (Lipinski definition) is 6. The summed E-state index contributed by atoms with van der Waals surface area (Å²) in [7, 11) is 0. The fraction of sp³-hybridized carbons (Fsp3) is 0.333. The van der Waals surface area contributed by atoms with E-state index in [0.29, 0.717) is 16.7 Å². The molecule has 3 aromatic carbocycles. The maximum atomic E-state index is 12.2. The molecule has 4 atom stereocenters. The molecule has 0 bridgehead atoms. The van der Waals surface area contributed by atoms with E-state index in [4.69, 9.17) is 0 Å². The summed E-state index contributed by atoms with van der Waals surface area (Å²) >= 11 is 0. The Morgan fingerprint density at radius 3 is 1.12 bits per heavy atom. The number of aliphatic hydroxyl groups is 6. The lowest BCUT2D eigenvalue weighted by Crippen LogP contribution is -2.84. The Bertz CT molecular complexity index is 982. The zero-order valence-corrected chi connectivity index (χ0v) is 18.2. The maximum absolute atomic E-state index is 12.2. The predicted molar refractivity (Wildman–Crippen MR) is 123 cm³/mol. The molecule has 4 rings (SSSR count). The Morgan fingerprint density at radius 2 is 0.788 bits per heavy atom. The monoisotopic (exact) mass is 450 g/mol. The van der Waals surface area contributed by atoms with Crippen molar-refractivity contribution in [2.24, 2.45) is 0 Å². The van der Waals surface area contributed by atoms with Crippen LogP contribution in [0.15, 0.2) is 91.0 Å². The summed E-state index contributed by atoms with van der Waals surface area (Å²) in [6.07, 6.45) is -6.49. The molecule has 0 unspecified atom stereocenters. The van der Waals surface area contributed by atoms with E-state index in [9.17, 15) is 30.6 Å². The van der Waals surface area contributed by atoms with Gasteiger partial charge in [-0.25, -0.2) is 0 Å². The number of aliphatic hydroxyl groups excluding tert-OH is 3. The molecular weight excluding hydrogens is 420 g/mol. The number of benzene rings is 3. The summed E-state index contributed by atoms with van der Waals surface area (Å²) in [5.41, 5.74) is -5.41. The summed E-state index contributed by atoms with van der Waals surface area (Å²) in [6, 6.07) is 26.3. The highest BCUT2D eigenvalue weighted by molar-refractivity contribution is 5.34. The molecule has 0 aromatic heterocycles. The Labute approximate surface area is 193 Å². The van der Waals surface area contributed by atoms with E-state index in [-0.39, 0.29) is 19.3 Å². The van der Waals surface area contributed by atoms with Crippen molar-refractivity contribution in [2.75, 3.05) is 0 Å². The van der Waals surface area contributed by atoms with E-state index in [1.54, 1.807) is 91.0 Å². The Morgan fingerprint density at radius 1 is 0.485 bits per heavy atom. The third kappa shape index (κ3) is 3.99. The molecule has 0 saturated heterocycles. The maximum Gasteiger partial charge on any atom is 0.132 e. The molecule has 0 radical (unpaired) electrons. The average molecular weight is 451 g/mol. The molecule has 6 N–H and O–H groups in total. The molecule has 1 saturated carbocycles. The third-order valence-corrected chi connectivity index (χ3v) is 6.99. The van der Waals surface area contributed by atoms with E-state index >= 15 is 0 Å². The van der Waals surface area contributed by atoms with Crippen LogP contribution in [0, 0.1) is 0 Å². The van der Waals surface area contributed by atoms with Gasteiger partial charge < -0.3 is 30.6 Å². The van der Waals surface area contributed by atoms with Gasteiger partial charge in [0.25, 0.3) is 0 Å². The van der Waals surface area contributed by atoms with E-state index in [1.165, 1.54) is 0 Å². The van der Waals surface area contributed by atoms with Crippen LogP contribution < -0.4 is 0 Å². The van der Waals surface area contributed by atoms with Gasteiger partial charge in [0.15, 0.2) is 0 Å². The Kier molecular flexibility index (Phi) is 6.42. The van der Waals surface area contributed by atoms with Crippen LogP contribution in [0.25, 0.3) is 0 Å². The minimum Gasteiger partial charge on any atom is -0.387 e. The van der Waals surface area contributed by atoms with Crippen molar-refractivity contribution < 1.29 is 30.6 Å². The van der Waals surface area contributed by atoms with Gasteiger partial charge in [0.1, 0.15) is 35.1 Å². The Hall–Kier alpha value is -2.58. The molecule has 3 aromatic rings. The largest absolute Gasteiger partial charge is 0.387 e. The Balaban J connectivity index is 1.88. The number of hydrogen-bond acceptors (Lipinski definition) is 6. The van der Waals surface area contributed by atoms with Crippen LogP contribution in [-0.2, 0) is 19.3 Å². The fourth-order valence-corrected chi connectivity index (χ4v) is 5.11. The molecule has 0 aliphatic heterocycles. The lowest BCUT2D eigenvalue weighted by molar-refractivity contribution is -0.349. The smallest absolute Gasteiger partial charge is 0.132 e. The van der Waals surface area contributed by atoms with Crippen LogP contribution in [0.4, 0.5) is 0 Å². The van der Waals surface area contributed by atoms with Crippen LogP contribution in [-0.4, -0.2) is 65.8 Å². The second-order valence-electron chi connectivity index (χ2n) is 9.08. The quantitative estimate of drug-likeness (QED) is 0.333. The van der Waals surface area contributed by atoms with Gasteiger partial charge in [0, 0.05) is 19.3 Å². The second-order valence-corrected chi connectivity index (χ2v) is 9.08. The van der Waals surface area contributed by atoms with Gasteiger partial charge in [0.2, 0.25) is 0 Å². The van der Waals surface area contributed by atoms with E-state index < -0.39 is 35.1 Å². The molecular formula is C27H30O6. The van der Waals surface area contributed by atoms with Gasteiger partial charge in [-0.15, -0.1) is 0 Å². The lowest BCUT2D eigenvalue weighted by Gasteiger charge is -2.61. The van der Waals surface area contributed by atoms with Crippen molar-refractivity contribution in [3.05, 3.63) is 108 Å². The third-order valence-electron chi connectivity index (χ3n) is 6.99. The van der Waals surface area contributed by atoms with Gasteiger partial charge in [0.05, 0.1) is 0 Å². The summed E-state index contributed by atoms with van der Waals surface area (Å²) in [5.74, 6) is 0. The van der Waals surface area contributed by atoms with E-state index in [2.05, 4.69) is 0 Å². The first-order valence-corrected chi connectivity index (χ1v) is 11.0. The van der Waals surface area contributed by atoms with Crippen LogP contribution >= 0.6 is 0 Å². The minimum atomic E-state index is -2.43. The normalized spacial score (nSPS) is 34.2. The molecule has 174 valence electrons. The van der Waals surface area contributed by atoms with Crippen molar-refractivity contribution >= 4 is 0 Å². The van der Waals surface area contributed by atoms with Crippen molar-refractivity contribution in [3.8, 4) is 0 Å². The minimum absolute atomic E-state index is 0.251. The van der Waals surface area contributed by atoms with Crippen molar-refractivity contribution in [1.82, 2.24) is 0 Å². The SMILES string of the molecule is OC1[C@@H](O)[C@@](O)(Cc2ccccc2)C(O)(Cc2ccccc2)[C@](O)(Cc2ccccc2)[C@@H]1O. The summed E-state index contributed by atoms with van der Waals surface area (Å²) in [5, 5.41) is 68.9. The van der Waals surface area contributed by atoms with Crippen molar-refractivity contribution in [2.45, 2.75) is 54.4 Å². The highest BCUT2D eigenvalue weighted by Crippen LogP contribution is 2.49. The van der Waals surface area contributed by atoms with Crippen LogP contribution in [0.3, 0.4) is 0 Å².